The zero-order chi connectivity index (χ0) is 17.6. The summed E-state index contributed by atoms with van der Waals surface area (Å²) >= 11 is 0. The molecule has 0 aromatic carbocycles. The molecule has 0 saturated carbocycles. The second-order valence-corrected chi connectivity index (χ2v) is 3.36. The highest BCUT2D eigenvalue weighted by atomic mass is 32.3. The molecule has 0 heterocycles. The number of rotatable bonds is 4. The first kappa shape index (κ1) is 23.3. The maximum absolute atomic E-state index is 9.55. The molecule has 13 heteroatoms. The van der Waals surface area contributed by atoms with Crippen LogP contribution < -0.4 is 0 Å². The lowest BCUT2D eigenvalue weighted by Crippen LogP contribution is -1.91. The van der Waals surface area contributed by atoms with Gasteiger partial charge in [-0.15, -0.1) is 0 Å². The van der Waals surface area contributed by atoms with Gasteiger partial charge >= 0.3 is 34.3 Å². The third kappa shape index (κ3) is 76.5. The van der Waals surface area contributed by atoms with Crippen molar-refractivity contribution in [2.45, 2.75) is 0 Å². The van der Waals surface area contributed by atoms with Crippen molar-refractivity contribution >= 4 is 34.3 Å². The molecule has 0 rings (SSSR count). The molecule has 12 nitrogen and oxygen atoms in total. The van der Waals surface area contributed by atoms with Crippen LogP contribution in [0.5, 0.6) is 0 Å². The molecule has 0 saturated heterocycles. The lowest BCUT2D eigenvalue weighted by molar-refractivity contribution is -0.134. The van der Waals surface area contributed by atoms with Gasteiger partial charge in [-0.05, 0) is 0 Å². The summed E-state index contributed by atoms with van der Waals surface area (Å²) in [7, 11) is -4.67. The van der Waals surface area contributed by atoms with Gasteiger partial charge in [0.25, 0.3) is 0 Å². The third-order valence-electron chi connectivity index (χ3n) is 0.737. The van der Waals surface area contributed by atoms with Gasteiger partial charge in [0.15, 0.2) is 0 Å². The minimum Gasteiger partial charge on any atom is -0.478 e. The number of carboxylic acid groups (broad SMARTS) is 4. The van der Waals surface area contributed by atoms with Gasteiger partial charge in [-0.2, -0.15) is 8.42 Å². The van der Waals surface area contributed by atoms with E-state index in [1.165, 1.54) is 0 Å². The monoisotopic (exact) mass is 330 g/mol. The van der Waals surface area contributed by atoms with Gasteiger partial charge in [-0.3, -0.25) is 9.11 Å². The Bertz CT molecular complexity index is 451. The highest BCUT2D eigenvalue weighted by Gasteiger charge is 1.88. The van der Waals surface area contributed by atoms with Crippen molar-refractivity contribution in [2.75, 3.05) is 0 Å². The fraction of sp³-hybridized carbons (Fsp3) is 0. The average Bonchev–Trinajstić information content (AvgIpc) is 2.22. The summed E-state index contributed by atoms with van der Waals surface area (Å²) in [6.45, 7) is 0. The molecule has 0 bridgehead atoms. The van der Waals surface area contributed by atoms with Crippen LogP contribution in [-0.4, -0.2) is 61.8 Å². The predicted octanol–water partition coefficient (Wildman–Crippen LogP) is -1.23. The molecule has 0 aromatic rings. The Kier molecular flexibility index (Phi) is 13.6. The van der Waals surface area contributed by atoms with Crippen LogP contribution in [0, 0.1) is 0 Å². The van der Waals surface area contributed by atoms with Gasteiger partial charge < -0.3 is 20.4 Å². The SMILES string of the molecule is O=C(O)C=CC(=O)O.O=C(O)C=CC(=O)O.O=S(=O)(O)O. The third-order valence-corrected chi connectivity index (χ3v) is 0.737. The molecule has 21 heavy (non-hydrogen) atoms. The van der Waals surface area contributed by atoms with Gasteiger partial charge in [0.1, 0.15) is 0 Å². The van der Waals surface area contributed by atoms with Crippen LogP contribution in [0.4, 0.5) is 0 Å². The molecule has 0 unspecified atom stereocenters. The van der Waals surface area contributed by atoms with Crippen LogP contribution in [0.15, 0.2) is 24.3 Å². The zero-order valence-electron chi connectivity index (χ0n) is 9.85. The highest BCUT2D eigenvalue weighted by Crippen LogP contribution is 1.71. The van der Waals surface area contributed by atoms with Crippen LogP contribution in [-0.2, 0) is 29.6 Å². The van der Waals surface area contributed by atoms with E-state index in [-0.39, 0.29) is 0 Å². The molecule has 0 spiro atoms. The summed E-state index contributed by atoms with van der Waals surface area (Å²) in [5.74, 6) is -5.03. The van der Waals surface area contributed by atoms with Crippen LogP contribution in [0.2, 0.25) is 0 Å². The van der Waals surface area contributed by atoms with Crippen molar-refractivity contribution in [3.8, 4) is 0 Å². The minimum absolute atomic E-state index is 0.558. The van der Waals surface area contributed by atoms with Crippen LogP contribution in [0.1, 0.15) is 0 Å². The summed E-state index contributed by atoms with van der Waals surface area (Å²) in [4.78, 5) is 38.2. The Morgan fingerprint density at radius 3 is 0.714 bits per heavy atom. The number of carboxylic acids is 4. The van der Waals surface area contributed by atoms with Gasteiger partial charge in [0.2, 0.25) is 0 Å². The quantitative estimate of drug-likeness (QED) is 0.263. The largest absolute Gasteiger partial charge is 0.478 e. The molecule has 0 aliphatic carbocycles. The number of hydrogen-bond donors (Lipinski definition) is 6. The molecule has 6 N–H and O–H groups in total. The van der Waals surface area contributed by atoms with Crippen molar-refractivity contribution in [3.05, 3.63) is 24.3 Å². The molecule has 0 radical (unpaired) electrons. The van der Waals surface area contributed by atoms with Crippen molar-refractivity contribution in [1.82, 2.24) is 0 Å². The van der Waals surface area contributed by atoms with Crippen LogP contribution in [0.3, 0.4) is 0 Å². The first-order chi connectivity index (χ1) is 9.25. The Labute approximate surface area is 116 Å². The summed E-state index contributed by atoms with van der Waals surface area (Å²) in [6.07, 6.45) is 2.23. The maximum atomic E-state index is 9.55. The molecule has 0 aromatic heterocycles. The Balaban J connectivity index is -0.000000239. The summed E-state index contributed by atoms with van der Waals surface area (Å²) < 4.78 is 31.6. The smallest absolute Gasteiger partial charge is 0.394 e. The molecule has 0 fully saturated rings. The van der Waals surface area contributed by atoms with E-state index in [1.54, 1.807) is 0 Å². The molecular formula is C8H10O12S. The van der Waals surface area contributed by atoms with Crippen molar-refractivity contribution in [2.24, 2.45) is 0 Å². The Hall–Kier alpha value is -2.77. The van der Waals surface area contributed by atoms with Gasteiger partial charge in [-0.1, -0.05) is 0 Å². The fourth-order valence-electron chi connectivity index (χ4n) is 0.285. The topological polar surface area (TPSA) is 224 Å². The normalized spacial score (nSPS) is 10.0. The van der Waals surface area contributed by atoms with E-state index in [9.17, 15) is 19.2 Å². The number of carbonyl (C=O) groups is 4. The minimum atomic E-state index is -4.67. The Morgan fingerprint density at radius 1 is 0.571 bits per heavy atom. The molecule has 0 amide bonds. The number of aliphatic carboxylic acids is 4. The van der Waals surface area contributed by atoms with Crippen molar-refractivity contribution < 1.29 is 57.1 Å². The van der Waals surface area contributed by atoms with E-state index in [0.717, 1.165) is 0 Å². The molecular weight excluding hydrogens is 320 g/mol. The number of hydrogen-bond acceptors (Lipinski definition) is 6. The Morgan fingerprint density at radius 2 is 0.667 bits per heavy atom. The molecule has 0 atom stereocenters. The molecule has 0 aliphatic heterocycles. The zero-order valence-corrected chi connectivity index (χ0v) is 10.7. The van der Waals surface area contributed by atoms with Crippen LogP contribution >= 0.6 is 0 Å². The lowest BCUT2D eigenvalue weighted by atomic mass is 10.5. The van der Waals surface area contributed by atoms with Gasteiger partial charge in [-0.25, -0.2) is 19.2 Å². The van der Waals surface area contributed by atoms with E-state index >= 15 is 0 Å². The summed E-state index contributed by atoms with van der Waals surface area (Å²) in [5.41, 5.74) is 0. The second-order valence-electron chi connectivity index (χ2n) is 2.47. The summed E-state index contributed by atoms with van der Waals surface area (Å²) in [6, 6.07) is 0. The summed E-state index contributed by atoms with van der Waals surface area (Å²) in [5, 5.41) is 31.2. The highest BCUT2D eigenvalue weighted by molar-refractivity contribution is 7.79. The average molecular weight is 330 g/mol. The van der Waals surface area contributed by atoms with E-state index < -0.39 is 34.3 Å². The maximum Gasteiger partial charge on any atom is 0.394 e. The van der Waals surface area contributed by atoms with E-state index in [1.807, 2.05) is 0 Å². The second kappa shape index (κ2) is 12.3. The first-order valence-corrected chi connectivity index (χ1v) is 5.63. The predicted molar refractivity (Wildman–Crippen MR) is 63.0 cm³/mol. The van der Waals surface area contributed by atoms with Crippen molar-refractivity contribution in [3.63, 3.8) is 0 Å². The van der Waals surface area contributed by atoms with Gasteiger partial charge in [0, 0.05) is 24.3 Å². The first-order valence-electron chi connectivity index (χ1n) is 4.23. The lowest BCUT2D eigenvalue weighted by Gasteiger charge is -1.74. The molecule has 120 valence electrons. The molecule has 0 aliphatic rings. The standard InChI is InChI=1S/2C4H4O4.H2O4S/c2*5-3(6)1-2-4(7)8;1-5(2,3)4/h2*1-2H,(H,5,6)(H,7,8);(H2,1,2,3,4). The van der Waals surface area contributed by atoms with Crippen molar-refractivity contribution in [1.29, 1.82) is 0 Å². The van der Waals surface area contributed by atoms with Gasteiger partial charge in [0.05, 0.1) is 0 Å². The van der Waals surface area contributed by atoms with Crippen LogP contribution in [0.25, 0.3) is 0 Å². The van der Waals surface area contributed by atoms with E-state index in [2.05, 4.69) is 0 Å². The van der Waals surface area contributed by atoms with E-state index in [4.69, 9.17) is 37.9 Å². The fourth-order valence-corrected chi connectivity index (χ4v) is 0.285. The van der Waals surface area contributed by atoms with E-state index in [0.29, 0.717) is 24.3 Å².